The molecule has 20 heavy (non-hydrogen) atoms. The van der Waals surface area contributed by atoms with E-state index < -0.39 is 5.56 Å². The van der Waals surface area contributed by atoms with Crippen molar-refractivity contribution in [3.8, 4) is 11.3 Å². The summed E-state index contributed by atoms with van der Waals surface area (Å²) < 4.78 is 1.79. The molecular formula is C14H9BrN2O3. The molecule has 2 aromatic carbocycles. The lowest BCUT2D eigenvalue weighted by Crippen LogP contribution is -2.40. The molecule has 0 aliphatic carbocycles. The molecule has 0 aliphatic rings. The van der Waals surface area contributed by atoms with E-state index in [1.807, 2.05) is 0 Å². The van der Waals surface area contributed by atoms with Crippen molar-refractivity contribution in [1.82, 2.24) is 4.73 Å². The van der Waals surface area contributed by atoms with Crippen LogP contribution in [0.4, 0.5) is 0 Å². The van der Waals surface area contributed by atoms with Crippen molar-refractivity contribution in [3.05, 3.63) is 68.6 Å². The van der Waals surface area contributed by atoms with E-state index in [2.05, 4.69) is 15.9 Å². The highest BCUT2D eigenvalue weighted by Gasteiger charge is 2.22. The molecule has 0 fully saturated rings. The molecule has 3 aromatic rings. The molecule has 5 nitrogen and oxygen atoms in total. The molecule has 0 aliphatic heterocycles. The van der Waals surface area contributed by atoms with Gasteiger partial charge in [0.15, 0.2) is 5.52 Å². The van der Waals surface area contributed by atoms with Crippen LogP contribution in [0.5, 0.6) is 0 Å². The van der Waals surface area contributed by atoms with Crippen molar-refractivity contribution in [2.45, 2.75) is 0 Å². The number of halogens is 1. The van der Waals surface area contributed by atoms with Gasteiger partial charge >= 0.3 is 5.56 Å². The topological polar surface area (TPSA) is 69.2 Å². The number of para-hydroxylation sites is 2. The molecule has 0 radical (unpaired) electrons. The van der Waals surface area contributed by atoms with E-state index in [9.17, 15) is 15.2 Å². The smallest absolute Gasteiger partial charge is 0.357 e. The SMILES string of the molecule is O=c1c(-c2cccc(Br)c2)[n+]([O-])c2ccccc2n1O. The van der Waals surface area contributed by atoms with Crippen LogP contribution in [0.1, 0.15) is 0 Å². The normalized spacial score (nSPS) is 10.8. The second kappa shape index (κ2) is 4.64. The highest BCUT2D eigenvalue weighted by Crippen LogP contribution is 2.19. The van der Waals surface area contributed by atoms with Crippen LogP contribution in [0.15, 0.2) is 57.8 Å². The van der Waals surface area contributed by atoms with Crippen LogP contribution in [-0.2, 0) is 0 Å². The molecule has 0 atom stereocenters. The van der Waals surface area contributed by atoms with Crippen molar-refractivity contribution < 1.29 is 9.94 Å². The molecule has 0 unspecified atom stereocenters. The number of rotatable bonds is 1. The van der Waals surface area contributed by atoms with Crippen LogP contribution < -0.4 is 10.3 Å². The Morgan fingerprint density at radius 1 is 1.15 bits per heavy atom. The average molecular weight is 333 g/mol. The van der Waals surface area contributed by atoms with E-state index in [4.69, 9.17) is 0 Å². The standard InChI is InChI=1S/C14H9BrN2O3/c15-10-5-3-4-9(8-10)13-14(18)17(20)12-7-2-1-6-11(12)16(13)19/h1-8,20H. The number of fused-ring (bicyclic) bond motifs is 1. The second-order valence-corrected chi connectivity index (χ2v) is 5.17. The molecule has 0 spiro atoms. The Bertz CT molecular complexity index is 874. The van der Waals surface area contributed by atoms with Gasteiger partial charge in [0.25, 0.3) is 5.69 Å². The number of hydrogen-bond acceptors (Lipinski definition) is 3. The molecule has 1 N–H and O–H groups in total. The predicted molar refractivity (Wildman–Crippen MR) is 77.5 cm³/mol. The zero-order chi connectivity index (χ0) is 14.3. The average Bonchev–Trinajstić information content (AvgIpc) is 2.45. The molecule has 0 saturated heterocycles. The van der Waals surface area contributed by atoms with Crippen LogP contribution in [0.25, 0.3) is 22.3 Å². The molecule has 1 aromatic heterocycles. The van der Waals surface area contributed by atoms with E-state index in [-0.39, 0.29) is 16.7 Å². The van der Waals surface area contributed by atoms with Crippen molar-refractivity contribution in [1.29, 1.82) is 0 Å². The lowest BCUT2D eigenvalue weighted by molar-refractivity contribution is -0.566. The van der Waals surface area contributed by atoms with Gasteiger partial charge in [-0.25, -0.2) is 0 Å². The molecule has 6 heteroatoms. The number of hydrogen-bond donors (Lipinski definition) is 1. The van der Waals surface area contributed by atoms with Crippen molar-refractivity contribution in [2.24, 2.45) is 0 Å². The molecule has 0 bridgehead atoms. The minimum Gasteiger partial charge on any atom is -0.618 e. The fourth-order valence-electron chi connectivity index (χ4n) is 2.11. The zero-order valence-electron chi connectivity index (χ0n) is 10.2. The number of nitrogens with zero attached hydrogens (tertiary/aromatic N) is 2. The first kappa shape index (κ1) is 12.7. The van der Waals surface area contributed by atoms with Gasteiger partial charge in [-0.15, -0.1) is 4.73 Å². The lowest BCUT2D eigenvalue weighted by Gasteiger charge is -2.09. The van der Waals surface area contributed by atoms with Gasteiger partial charge in [-0.1, -0.05) is 34.1 Å². The minimum absolute atomic E-state index is 0.118. The summed E-state index contributed by atoms with van der Waals surface area (Å²) in [6.45, 7) is 0. The molecule has 3 rings (SSSR count). The molecule has 1 heterocycles. The van der Waals surface area contributed by atoms with Gasteiger partial charge in [0, 0.05) is 10.5 Å². The van der Waals surface area contributed by atoms with Crippen LogP contribution in [0.3, 0.4) is 0 Å². The van der Waals surface area contributed by atoms with Crippen molar-refractivity contribution in [3.63, 3.8) is 0 Å². The van der Waals surface area contributed by atoms with E-state index in [0.717, 1.165) is 4.47 Å². The first-order chi connectivity index (χ1) is 9.59. The fourth-order valence-corrected chi connectivity index (χ4v) is 2.51. The van der Waals surface area contributed by atoms with E-state index >= 15 is 0 Å². The summed E-state index contributed by atoms with van der Waals surface area (Å²) in [4.78, 5) is 12.2. The quantitative estimate of drug-likeness (QED) is 0.422. The Labute approximate surface area is 122 Å². The zero-order valence-corrected chi connectivity index (χ0v) is 11.7. The summed E-state index contributed by atoms with van der Waals surface area (Å²) in [6.07, 6.45) is 0. The first-order valence-corrected chi connectivity index (χ1v) is 6.61. The number of benzene rings is 2. The van der Waals surface area contributed by atoms with E-state index in [1.165, 1.54) is 6.07 Å². The van der Waals surface area contributed by atoms with Crippen LogP contribution in [0, 0.1) is 5.21 Å². The maximum atomic E-state index is 12.4. The highest BCUT2D eigenvalue weighted by molar-refractivity contribution is 9.10. The molecule has 100 valence electrons. The maximum Gasteiger partial charge on any atom is 0.357 e. The highest BCUT2D eigenvalue weighted by atomic mass is 79.9. The van der Waals surface area contributed by atoms with Gasteiger partial charge in [-0.05, 0) is 24.3 Å². The predicted octanol–water partition coefficient (Wildman–Crippen LogP) is 2.30. The van der Waals surface area contributed by atoms with Gasteiger partial charge in [0.2, 0.25) is 5.52 Å². The minimum atomic E-state index is -0.753. The summed E-state index contributed by atoms with van der Waals surface area (Å²) in [7, 11) is 0. The van der Waals surface area contributed by atoms with Gasteiger partial charge in [-0.2, -0.15) is 4.73 Å². The lowest BCUT2D eigenvalue weighted by atomic mass is 10.1. The summed E-state index contributed by atoms with van der Waals surface area (Å²) in [6, 6.07) is 13.2. The van der Waals surface area contributed by atoms with Crippen LogP contribution in [-0.4, -0.2) is 9.94 Å². The third-order valence-electron chi connectivity index (χ3n) is 3.02. The van der Waals surface area contributed by atoms with Gasteiger partial charge in [0.1, 0.15) is 0 Å². The van der Waals surface area contributed by atoms with Crippen LogP contribution >= 0.6 is 15.9 Å². The first-order valence-electron chi connectivity index (χ1n) is 5.82. The monoisotopic (exact) mass is 332 g/mol. The Hall–Kier alpha value is -2.34. The summed E-state index contributed by atoms with van der Waals surface area (Å²) in [5.41, 5.74) is -0.0342. The van der Waals surface area contributed by atoms with Gasteiger partial charge < -0.3 is 10.4 Å². The molecule has 0 amide bonds. The second-order valence-electron chi connectivity index (χ2n) is 4.26. The van der Waals surface area contributed by atoms with E-state index in [0.29, 0.717) is 15.0 Å². The Morgan fingerprint density at radius 3 is 2.65 bits per heavy atom. The number of aromatic nitrogens is 2. The van der Waals surface area contributed by atoms with E-state index in [1.54, 1.807) is 42.5 Å². The Kier molecular flexibility index (Phi) is 2.94. The largest absolute Gasteiger partial charge is 0.618 e. The third kappa shape index (κ3) is 1.85. The molecular weight excluding hydrogens is 324 g/mol. The Balaban J connectivity index is 2.46. The van der Waals surface area contributed by atoms with Crippen LogP contribution in [0.2, 0.25) is 0 Å². The third-order valence-corrected chi connectivity index (χ3v) is 3.52. The van der Waals surface area contributed by atoms with Gasteiger partial charge in [-0.3, -0.25) is 4.79 Å². The summed E-state index contributed by atoms with van der Waals surface area (Å²) >= 11 is 3.29. The summed E-state index contributed by atoms with van der Waals surface area (Å²) in [5.74, 6) is 0. The van der Waals surface area contributed by atoms with Gasteiger partial charge in [0.05, 0.1) is 5.56 Å². The fraction of sp³-hybridized carbons (Fsp3) is 0. The van der Waals surface area contributed by atoms with Crippen molar-refractivity contribution in [2.75, 3.05) is 0 Å². The Morgan fingerprint density at radius 2 is 1.90 bits per heavy atom. The summed E-state index contributed by atoms with van der Waals surface area (Å²) in [5, 5.41) is 22.3. The molecule has 0 saturated carbocycles. The van der Waals surface area contributed by atoms with Crippen molar-refractivity contribution >= 4 is 27.0 Å². The maximum absolute atomic E-state index is 12.4.